The SMILES string of the molecule is CCOC(=O)c1cc(-c2coc3ccccc23)ccc1Cl. The van der Waals surface area contributed by atoms with Crippen molar-refractivity contribution in [1.29, 1.82) is 0 Å². The molecule has 3 aromatic rings. The van der Waals surface area contributed by atoms with Gasteiger partial charge in [-0.15, -0.1) is 0 Å². The minimum Gasteiger partial charge on any atom is -0.464 e. The molecule has 0 saturated carbocycles. The number of ether oxygens (including phenoxy) is 1. The molecule has 0 N–H and O–H groups in total. The molecule has 0 atom stereocenters. The molecule has 0 unspecified atom stereocenters. The van der Waals surface area contributed by atoms with Crippen LogP contribution in [0, 0.1) is 0 Å². The number of halogens is 1. The Kier molecular flexibility index (Phi) is 3.67. The molecule has 3 rings (SSSR count). The molecular weight excluding hydrogens is 288 g/mol. The normalized spacial score (nSPS) is 10.8. The summed E-state index contributed by atoms with van der Waals surface area (Å²) in [6, 6.07) is 13.0. The van der Waals surface area contributed by atoms with Gasteiger partial charge in [0.25, 0.3) is 0 Å². The summed E-state index contributed by atoms with van der Waals surface area (Å²) in [6.07, 6.45) is 1.68. The van der Waals surface area contributed by atoms with Crippen LogP contribution >= 0.6 is 11.6 Å². The lowest BCUT2D eigenvalue weighted by atomic mass is 10.0. The van der Waals surface area contributed by atoms with Gasteiger partial charge in [-0.25, -0.2) is 4.79 Å². The number of benzene rings is 2. The number of hydrogen-bond donors (Lipinski definition) is 0. The van der Waals surface area contributed by atoms with E-state index in [1.165, 1.54) is 0 Å². The van der Waals surface area contributed by atoms with E-state index < -0.39 is 5.97 Å². The average Bonchev–Trinajstić information content (AvgIpc) is 2.92. The first kappa shape index (κ1) is 13.7. The first-order valence-corrected chi connectivity index (χ1v) is 7.01. The zero-order valence-electron chi connectivity index (χ0n) is 11.4. The molecular formula is C17H13ClO3. The van der Waals surface area contributed by atoms with E-state index in [9.17, 15) is 4.79 Å². The second-order valence-electron chi connectivity index (χ2n) is 4.56. The van der Waals surface area contributed by atoms with E-state index in [0.29, 0.717) is 17.2 Å². The first-order chi connectivity index (χ1) is 10.2. The first-order valence-electron chi connectivity index (χ1n) is 6.64. The topological polar surface area (TPSA) is 39.4 Å². The summed E-state index contributed by atoms with van der Waals surface area (Å²) in [7, 11) is 0. The van der Waals surface area contributed by atoms with E-state index in [4.69, 9.17) is 20.8 Å². The lowest BCUT2D eigenvalue weighted by Gasteiger charge is -2.06. The molecule has 3 nitrogen and oxygen atoms in total. The van der Waals surface area contributed by atoms with Crippen molar-refractivity contribution in [3.63, 3.8) is 0 Å². The lowest BCUT2D eigenvalue weighted by molar-refractivity contribution is 0.0526. The van der Waals surface area contributed by atoms with Gasteiger partial charge in [0.15, 0.2) is 0 Å². The summed E-state index contributed by atoms with van der Waals surface area (Å²) < 4.78 is 10.6. The van der Waals surface area contributed by atoms with Gasteiger partial charge in [0.2, 0.25) is 0 Å². The highest BCUT2D eigenvalue weighted by Crippen LogP contribution is 2.32. The van der Waals surface area contributed by atoms with E-state index >= 15 is 0 Å². The summed E-state index contributed by atoms with van der Waals surface area (Å²) >= 11 is 6.08. The number of rotatable bonds is 3. The van der Waals surface area contributed by atoms with Gasteiger partial charge >= 0.3 is 5.97 Å². The fraction of sp³-hybridized carbons (Fsp3) is 0.118. The Labute approximate surface area is 127 Å². The predicted molar refractivity (Wildman–Crippen MR) is 82.6 cm³/mol. The molecule has 0 aliphatic rings. The van der Waals surface area contributed by atoms with Crippen LogP contribution in [0.5, 0.6) is 0 Å². The number of fused-ring (bicyclic) bond motifs is 1. The maximum atomic E-state index is 11.9. The molecule has 0 amide bonds. The third kappa shape index (κ3) is 2.52. The van der Waals surface area contributed by atoms with E-state index in [0.717, 1.165) is 22.1 Å². The highest BCUT2D eigenvalue weighted by molar-refractivity contribution is 6.33. The third-order valence-electron chi connectivity index (χ3n) is 3.25. The van der Waals surface area contributed by atoms with Crippen LogP contribution in [-0.2, 0) is 4.74 Å². The fourth-order valence-electron chi connectivity index (χ4n) is 2.26. The maximum absolute atomic E-state index is 11.9. The van der Waals surface area contributed by atoms with Crippen LogP contribution in [0.4, 0.5) is 0 Å². The number of esters is 1. The summed E-state index contributed by atoms with van der Waals surface area (Å²) in [4.78, 5) is 11.9. The summed E-state index contributed by atoms with van der Waals surface area (Å²) in [6.45, 7) is 2.08. The number of furan rings is 1. The van der Waals surface area contributed by atoms with Gasteiger partial charge in [-0.3, -0.25) is 0 Å². The summed E-state index contributed by atoms with van der Waals surface area (Å²) in [5.41, 5.74) is 2.96. The van der Waals surface area contributed by atoms with E-state index in [-0.39, 0.29) is 0 Å². The van der Waals surface area contributed by atoms with Crippen LogP contribution in [0.25, 0.3) is 22.1 Å². The molecule has 0 spiro atoms. The zero-order chi connectivity index (χ0) is 14.8. The van der Waals surface area contributed by atoms with Crippen molar-refractivity contribution in [2.24, 2.45) is 0 Å². The maximum Gasteiger partial charge on any atom is 0.339 e. The molecule has 0 aliphatic heterocycles. The van der Waals surface area contributed by atoms with Crippen LogP contribution in [-0.4, -0.2) is 12.6 Å². The smallest absolute Gasteiger partial charge is 0.339 e. The Morgan fingerprint density at radius 2 is 2.05 bits per heavy atom. The minimum absolute atomic E-state index is 0.314. The molecule has 0 radical (unpaired) electrons. The zero-order valence-corrected chi connectivity index (χ0v) is 12.2. The van der Waals surface area contributed by atoms with Crippen molar-refractivity contribution in [1.82, 2.24) is 0 Å². The average molecular weight is 301 g/mol. The molecule has 1 aromatic heterocycles. The van der Waals surface area contributed by atoms with Gasteiger partial charge in [-0.1, -0.05) is 35.9 Å². The monoisotopic (exact) mass is 300 g/mol. The number of carbonyl (C=O) groups excluding carboxylic acids is 1. The van der Waals surface area contributed by atoms with Gasteiger partial charge < -0.3 is 9.15 Å². The predicted octanol–water partition coefficient (Wildman–Crippen LogP) is 4.93. The Morgan fingerprint density at radius 3 is 2.86 bits per heavy atom. The number of para-hydroxylation sites is 1. The van der Waals surface area contributed by atoms with Gasteiger partial charge in [0.05, 0.1) is 23.5 Å². The molecule has 0 bridgehead atoms. The Bertz CT molecular complexity index is 805. The largest absolute Gasteiger partial charge is 0.464 e. The van der Waals surface area contributed by atoms with Crippen LogP contribution in [0.2, 0.25) is 5.02 Å². The lowest BCUT2D eigenvalue weighted by Crippen LogP contribution is -2.05. The quantitative estimate of drug-likeness (QED) is 0.644. The van der Waals surface area contributed by atoms with Crippen molar-refractivity contribution < 1.29 is 13.9 Å². The van der Waals surface area contributed by atoms with E-state index in [2.05, 4.69) is 0 Å². The van der Waals surface area contributed by atoms with Gasteiger partial charge in [-0.2, -0.15) is 0 Å². The Morgan fingerprint density at radius 1 is 1.24 bits per heavy atom. The van der Waals surface area contributed by atoms with Crippen molar-refractivity contribution in [3.8, 4) is 11.1 Å². The van der Waals surface area contributed by atoms with E-state index in [1.807, 2.05) is 30.3 Å². The minimum atomic E-state index is -0.419. The highest BCUT2D eigenvalue weighted by atomic mass is 35.5. The Hall–Kier alpha value is -2.26. The molecule has 0 saturated heterocycles. The van der Waals surface area contributed by atoms with Crippen molar-refractivity contribution in [2.75, 3.05) is 6.61 Å². The molecule has 2 aromatic carbocycles. The van der Waals surface area contributed by atoms with Crippen molar-refractivity contribution in [2.45, 2.75) is 6.92 Å². The fourth-order valence-corrected chi connectivity index (χ4v) is 2.45. The van der Waals surface area contributed by atoms with Gasteiger partial charge in [0, 0.05) is 10.9 Å². The van der Waals surface area contributed by atoms with Crippen molar-refractivity contribution >= 4 is 28.5 Å². The van der Waals surface area contributed by atoms with Gasteiger partial charge in [-0.05, 0) is 30.7 Å². The second-order valence-corrected chi connectivity index (χ2v) is 4.97. The van der Waals surface area contributed by atoms with Crippen LogP contribution in [0.15, 0.2) is 53.1 Å². The van der Waals surface area contributed by atoms with E-state index in [1.54, 1.807) is 25.3 Å². The number of carbonyl (C=O) groups is 1. The molecule has 106 valence electrons. The third-order valence-corrected chi connectivity index (χ3v) is 3.58. The molecule has 0 fully saturated rings. The standard InChI is InChI=1S/C17H13ClO3/c1-2-20-17(19)13-9-11(7-8-15(13)18)14-10-21-16-6-4-3-5-12(14)16/h3-10H,2H2,1H3. The van der Waals surface area contributed by atoms with Crippen molar-refractivity contribution in [3.05, 3.63) is 59.3 Å². The molecule has 0 aliphatic carbocycles. The highest BCUT2D eigenvalue weighted by Gasteiger charge is 2.15. The Balaban J connectivity index is 2.11. The summed E-state index contributed by atoms with van der Waals surface area (Å²) in [5, 5.41) is 1.37. The van der Waals surface area contributed by atoms with Crippen LogP contribution in [0.1, 0.15) is 17.3 Å². The summed E-state index contributed by atoms with van der Waals surface area (Å²) in [5.74, 6) is -0.419. The molecule has 21 heavy (non-hydrogen) atoms. The van der Waals surface area contributed by atoms with Crippen LogP contribution < -0.4 is 0 Å². The second kappa shape index (κ2) is 5.62. The molecule has 4 heteroatoms. The molecule has 1 heterocycles. The van der Waals surface area contributed by atoms with Gasteiger partial charge in [0.1, 0.15) is 5.58 Å². The number of hydrogen-bond acceptors (Lipinski definition) is 3. The van der Waals surface area contributed by atoms with Crippen LogP contribution in [0.3, 0.4) is 0 Å².